The second-order valence-electron chi connectivity index (χ2n) is 12.9. The number of aliphatic hydroxyl groups is 1. The van der Waals surface area contributed by atoms with E-state index in [1.54, 1.807) is 12.1 Å². The van der Waals surface area contributed by atoms with Crippen LogP contribution in [0.25, 0.3) is 0 Å². The summed E-state index contributed by atoms with van der Waals surface area (Å²) in [5, 5.41) is 15.3. The number of hydrogen-bond donors (Lipinski definition) is 4. The topological polar surface area (TPSA) is 126 Å². The van der Waals surface area contributed by atoms with E-state index >= 15 is 0 Å². The van der Waals surface area contributed by atoms with E-state index in [0.29, 0.717) is 48.8 Å². The first-order valence-corrected chi connectivity index (χ1v) is 17.3. The van der Waals surface area contributed by atoms with Crippen LogP contribution in [0.2, 0.25) is 0 Å². The summed E-state index contributed by atoms with van der Waals surface area (Å²) >= 11 is 0. The number of aliphatic hydroxyl groups excluding tert-OH is 1. The maximum absolute atomic E-state index is 12.6. The SMILES string of the molecule is C=CCN(C[C@@H]1C[C@H](c2ccc(CO)cc2)O[C@H](c2ccc(NC(=O)CCCCCC(=O)Nc3ccccc3N)cc2)O1)C1CCCC1. The normalized spacial score (nSPS) is 19.7. The quantitative estimate of drug-likeness (QED) is 0.0727. The maximum atomic E-state index is 12.6. The van der Waals surface area contributed by atoms with Crippen molar-refractivity contribution in [2.75, 3.05) is 29.5 Å². The number of nitrogen functional groups attached to an aromatic ring is 1. The first kappa shape index (κ1) is 35.3. The van der Waals surface area contributed by atoms with Gasteiger partial charge in [0.1, 0.15) is 0 Å². The van der Waals surface area contributed by atoms with E-state index in [-0.39, 0.29) is 30.6 Å². The number of hydrogen-bond acceptors (Lipinski definition) is 7. The average molecular weight is 655 g/mol. The van der Waals surface area contributed by atoms with Gasteiger partial charge < -0.3 is 30.9 Å². The molecule has 0 bridgehead atoms. The summed E-state index contributed by atoms with van der Waals surface area (Å²) in [6, 6.07) is 23.4. The Hall–Kier alpha value is -4.02. The van der Waals surface area contributed by atoms with Gasteiger partial charge in [-0.05, 0) is 61.1 Å². The minimum atomic E-state index is -0.555. The van der Waals surface area contributed by atoms with Gasteiger partial charge in [-0.2, -0.15) is 0 Å². The lowest BCUT2D eigenvalue weighted by Gasteiger charge is -2.39. The van der Waals surface area contributed by atoms with E-state index in [2.05, 4.69) is 22.1 Å². The molecule has 1 heterocycles. The van der Waals surface area contributed by atoms with Crippen molar-refractivity contribution in [3.05, 3.63) is 102 Å². The second-order valence-corrected chi connectivity index (χ2v) is 12.9. The predicted octanol–water partition coefficient (Wildman–Crippen LogP) is 7.26. The fourth-order valence-electron chi connectivity index (χ4n) is 6.62. The van der Waals surface area contributed by atoms with E-state index in [1.807, 2.05) is 66.7 Å². The molecule has 0 spiro atoms. The Morgan fingerprint density at radius 2 is 1.54 bits per heavy atom. The molecule has 3 aromatic rings. The lowest BCUT2D eigenvalue weighted by Crippen LogP contribution is -2.43. The Morgan fingerprint density at radius 3 is 2.21 bits per heavy atom. The summed E-state index contributed by atoms with van der Waals surface area (Å²) in [5.74, 6) is -0.140. The molecule has 9 heteroatoms. The van der Waals surface area contributed by atoms with Crippen molar-refractivity contribution in [2.24, 2.45) is 0 Å². The lowest BCUT2D eigenvalue weighted by molar-refractivity contribution is -0.253. The van der Waals surface area contributed by atoms with Gasteiger partial charge in [-0.3, -0.25) is 14.5 Å². The van der Waals surface area contributed by atoms with Gasteiger partial charge in [0.2, 0.25) is 11.8 Å². The molecule has 3 atom stereocenters. The first-order valence-electron chi connectivity index (χ1n) is 17.3. The number of nitrogens with two attached hydrogens (primary N) is 1. The number of rotatable bonds is 16. The molecule has 3 aromatic carbocycles. The van der Waals surface area contributed by atoms with E-state index in [4.69, 9.17) is 15.2 Å². The Kier molecular flexibility index (Phi) is 13.2. The molecule has 48 heavy (non-hydrogen) atoms. The van der Waals surface area contributed by atoms with Gasteiger partial charge in [-0.15, -0.1) is 6.58 Å². The Bertz CT molecular complexity index is 1470. The number of anilines is 3. The fourth-order valence-corrected chi connectivity index (χ4v) is 6.62. The van der Waals surface area contributed by atoms with Crippen LogP contribution < -0.4 is 16.4 Å². The highest BCUT2D eigenvalue weighted by molar-refractivity contribution is 5.93. The summed E-state index contributed by atoms with van der Waals surface area (Å²) in [6.07, 6.45) is 9.85. The van der Waals surface area contributed by atoms with Crippen LogP contribution in [0.4, 0.5) is 17.1 Å². The van der Waals surface area contributed by atoms with E-state index in [1.165, 1.54) is 25.7 Å². The monoisotopic (exact) mass is 654 g/mol. The van der Waals surface area contributed by atoms with Crippen LogP contribution in [0.5, 0.6) is 0 Å². The molecule has 0 unspecified atom stereocenters. The lowest BCUT2D eigenvalue weighted by atomic mass is 9.99. The number of carbonyl (C=O) groups is 2. The van der Waals surface area contributed by atoms with Crippen LogP contribution in [0.3, 0.4) is 0 Å². The van der Waals surface area contributed by atoms with E-state index in [9.17, 15) is 14.7 Å². The molecule has 1 aliphatic heterocycles. The second kappa shape index (κ2) is 17.9. The highest BCUT2D eigenvalue weighted by Crippen LogP contribution is 2.39. The Balaban J connectivity index is 1.13. The predicted molar refractivity (Wildman–Crippen MR) is 190 cm³/mol. The van der Waals surface area contributed by atoms with Crippen molar-refractivity contribution in [1.82, 2.24) is 4.90 Å². The number of benzene rings is 3. The molecule has 9 nitrogen and oxygen atoms in total. The number of ether oxygens (including phenoxy) is 2. The zero-order valence-electron chi connectivity index (χ0n) is 27.8. The summed E-state index contributed by atoms with van der Waals surface area (Å²) < 4.78 is 13.1. The molecule has 5 rings (SSSR count). The summed E-state index contributed by atoms with van der Waals surface area (Å²) in [5.41, 5.74) is 10.6. The molecule has 5 N–H and O–H groups in total. The largest absolute Gasteiger partial charge is 0.397 e. The van der Waals surface area contributed by atoms with Gasteiger partial charge in [0.25, 0.3) is 0 Å². The van der Waals surface area contributed by atoms with E-state index in [0.717, 1.165) is 42.6 Å². The van der Waals surface area contributed by atoms with Crippen LogP contribution in [-0.4, -0.2) is 47.1 Å². The molecule has 2 fully saturated rings. The third kappa shape index (κ3) is 10.2. The zero-order chi connectivity index (χ0) is 33.7. The molecular formula is C39H50N4O5. The van der Waals surface area contributed by atoms with Gasteiger partial charge in [-0.25, -0.2) is 0 Å². The third-order valence-corrected chi connectivity index (χ3v) is 9.27. The van der Waals surface area contributed by atoms with Crippen molar-refractivity contribution in [3.63, 3.8) is 0 Å². The standard InChI is InChI=1S/C39H50N4O5/c1-2-24-43(32-10-6-7-11-32)26-33-25-36(29-18-16-28(27-44)17-19-29)48-39(47-33)30-20-22-31(23-21-30)41-37(45)14-4-3-5-15-38(46)42-35-13-9-8-12-34(35)40/h2,8-9,12-13,16-23,32-33,36,39,44H,1,3-7,10-11,14-15,24-27,40H2,(H,41,45)(H,42,46)/t33-,36+,39+/m0/s1. The molecule has 1 saturated heterocycles. The number of nitrogens with zero attached hydrogens (tertiary/aromatic N) is 1. The summed E-state index contributed by atoms with van der Waals surface area (Å²) in [6.45, 7) is 5.65. The van der Waals surface area contributed by atoms with Crippen LogP contribution >= 0.6 is 0 Å². The summed E-state index contributed by atoms with van der Waals surface area (Å²) in [7, 11) is 0. The number of unbranched alkanes of at least 4 members (excludes halogenated alkanes) is 2. The molecule has 1 saturated carbocycles. The Morgan fingerprint density at radius 1 is 0.875 bits per heavy atom. The fraction of sp³-hybridized carbons (Fsp3) is 0.436. The van der Waals surface area contributed by atoms with Crippen molar-refractivity contribution >= 4 is 28.9 Å². The minimum absolute atomic E-state index is 0.00509. The number of carbonyl (C=O) groups excluding carboxylic acids is 2. The van der Waals surface area contributed by atoms with Crippen molar-refractivity contribution in [3.8, 4) is 0 Å². The van der Waals surface area contributed by atoms with E-state index < -0.39 is 6.29 Å². The smallest absolute Gasteiger partial charge is 0.224 e. The van der Waals surface area contributed by atoms with Crippen molar-refractivity contribution in [2.45, 2.75) is 95.4 Å². The number of para-hydroxylation sites is 2. The first-order chi connectivity index (χ1) is 23.4. The molecular weight excluding hydrogens is 604 g/mol. The average Bonchev–Trinajstić information content (AvgIpc) is 3.65. The Labute approximate surface area is 284 Å². The molecule has 0 radical (unpaired) electrons. The molecule has 2 amide bonds. The van der Waals surface area contributed by atoms with Crippen LogP contribution in [0.1, 0.15) is 93.3 Å². The van der Waals surface area contributed by atoms with Gasteiger partial charge in [-0.1, -0.05) is 73.9 Å². The van der Waals surface area contributed by atoms with Gasteiger partial charge in [0.15, 0.2) is 6.29 Å². The minimum Gasteiger partial charge on any atom is -0.397 e. The van der Waals surface area contributed by atoms with Gasteiger partial charge in [0.05, 0.1) is 30.2 Å². The number of amides is 2. The van der Waals surface area contributed by atoms with Crippen LogP contribution in [-0.2, 0) is 25.7 Å². The van der Waals surface area contributed by atoms with Gasteiger partial charge in [0, 0.05) is 49.6 Å². The van der Waals surface area contributed by atoms with Crippen molar-refractivity contribution in [1.29, 1.82) is 0 Å². The van der Waals surface area contributed by atoms with Gasteiger partial charge >= 0.3 is 0 Å². The maximum Gasteiger partial charge on any atom is 0.224 e. The third-order valence-electron chi connectivity index (χ3n) is 9.27. The van der Waals surface area contributed by atoms with Crippen LogP contribution in [0, 0.1) is 0 Å². The summed E-state index contributed by atoms with van der Waals surface area (Å²) in [4.78, 5) is 27.4. The van der Waals surface area contributed by atoms with Crippen LogP contribution in [0.15, 0.2) is 85.5 Å². The molecule has 256 valence electrons. The molecule has 1 aliphatic carbocycles. The molecule has 2 aliphatic rings. The highest BCUT2D eigenvalue weighted by Gasteiger charge is 2.34. The zero-order valence-corrected chi connectivity index (χ0v) is 27.8. The number of nitrogens with one attached hydrogen (secondary N) is 2. The molecule has 0 aromatic heterocycles. The van der Waals surface area contributed by atoms with Crippen molar-refractivity contribution < 1.29 is 24.2 Å². The highest BCUT2D eigenvalue weighted by atomic mass is 16.7.